The molecule has 2 aliphatic heterocycles. The van der Waals surface area contributed by atoms with Gasteiger partial charge >= 0.3 is 0 Å². The van der Waals surface area contributed by atoms with E-state index in [1.54, 1.807) is 12.1 Å². The standard InChI is InChI=1S/C19H21NO4/c1-2-3-11-9-19(23)13-8-10-4-5-12(21)16-14(10)18(19,6-7-20-13)17(24-16)15(11)22/h2,4-5,11,13,17,20-21,23H,1,3,6-9H2/t11?,13-,17?,18+,19-/m1/s1. The number of ketones is 1. The lowest BCUT2D eigenvalue weighted by Crippen LogP contribution is -2.77. The van der Waals surface area contributed by atoms with Crippen LogP contribution in [-0.4, -0.2) is 40.3 Å². The number of hydrogen-bond acceptors (Lipinski definition) is 5. The van der Waals surface area contributed by atoms with Crippen molar-refractivity contribution in [2.24, 2.45) is 5.92 Å². The molecule has 4 aliphatic rings. The van der Waals surface area contributed by atoms with Crippen molar-refractivity contribution in [3.05, 3.63) is 35.9 Å². The van der Waals surface area contributed by atoms with Crippen molar-refractivity contribution in [3.63, 3.8) is 0 Å². The number of hydrogen-bond donors (Lipinski definition) is 3. The lowest BCUT2D eigenvalue weighted by Gasteiger charge is -2.60. The van der Waals surface area contributed by atoms with Crippen LogP contribution in [-0.2, 0) is 16.6 Å². The summed E-state index contributed by atoms with van der Waals surface area (Å²) in [5, 5.41) is 25.6. The first kappa shape index (κ1) is 14.5. The summed E-state index contributed by atoms with van der Waals surface area (Å²) in [5.41, 5.74) is 0.170. The number of Topliss-reactive ketones (excluding diaryl/α,β-unsaturated/α-hetero) is 1. The highest BCUT2D eigenvalue weighted by molar-refractivity contribution is 5.92. The number of benzene rings is 1. The van der Waals surface area contributed by atoms with E-state index in [4.69, 9.17) is 4.74 Å². The van der Waals surface area contributed by atoms with E-state index in [0.717, 1.165) is 17.7 Å². The Morgan fingerprint density at radius 1 is 1.46 bits per heavy atom. The second-order valence-corrected chi connectivity index (χ2v) is 7.63. The molecule has 5 atom stereocenters. The molecule has 2 bridgehead atoms. The predicted molar refractivity (Wildman–Crippen MR) is 87.2 cm³/mol. The van der Waals surface area contributed by atoms with Gasteiger partial charge in [-0.3, -0.25) is 4.79 Å². The van der Waals surface area contributed by atoms with Crippen molar-refractivity contribution < 1.29 is 19.7 Å². The van der Waals surface area contributed by atoms with Crippen LogP contribution < -0.4 is 10.1 Å². The van der Waals surface area contributed by atoms with Gasteiger partial charge in [-0.25, -0.2) is 0 Å². The van der Waals surface area contributed by atoms with Gasteiger partial charge in [-0.05, 0) is 43.9 Å². The maximum absolute atomic E-state index is 13.1. The molecule has 0 radical (unpaired) electrons. The molecular weight excluding hydrogens is 306 g/mol. The SMILES string of the molecule is C=CCC1C[C@@]2(O)[C@H]3Cc4ccc(O)c5c4[C@@]2(CCN3)C(O5)C1=O. The summed E-state index contributed by atoms with van der Waals surface area (Å²) in [4.78, 5) is 13.1. The second-order valence-electron chi connectivity index (χ2n) is 7.63. The molecule has 24 heavy (non-hydrogen) atoms. The van der Waals surface area contributed by atoms with Gasteiger partial charge in [0.25, 0.3) is 0 Å². The zero-order valence-electron chi connectivity index (χ0n) is 13.4. The molecule has 3 N–H and O–H groups in total. The van der Waals surface area contributed by atoms with Gasteiger partial charge in [0.05, 0.1) is 11.0 Å². The third-order valence-corrected chi connectivity index (χ3v) is 6.71. The fraction of sp³-hybridized carbons (Fsp3) is 0.526. The number of nitrogens with one attached hydrogen (secondary N) is 1. The maximum Gasteiger partial charge on any atom is 0.177 e. The first-order valence-corrected chi connectivity index (χ1v) is 8.65. The number of allylic oxidation sites excluding steroid dienone is 1. The molecule has 126 valence electrons. The van der Waals surface area contributed by atoms with Crippen LogP contribution in [0.5, 0.6) is 11.5 Å². The van der Waals surface area contributed by atoms with E-state index in [0.29, 0.717) is 31.4 Å². The van der Waals surface area contributed by atoms with E-state index >= 15 is 0 Å². The molecule has 5 nitrogen and oxygen atoms in total. The van der Waals surface area contributed by atoms with Crippen molar-refractivity contribution >= 4 is 5.78 Å². The van der Waals surface area contributed by atoms with Gasteiger partial charge in [-0.2, -0.15) is 0 Å². The first-order chi connectivity index (χ1) is 11.5. The molecule has 2 fully saturated rings. The Hall–Kier alpha value is -1.85. The average molecular weight is 327 g/mol. The van der Waals surface area contributed by atoms with Crippen LogP contribution in [0.1, 0.15) is 30.4 Å². The van der Waals surface area contributed by atoms with Crippen molar-refractivity contribution in [1.29, 1.82) is 0 Å². The van der Waals surface area contributed by atoms with Crippen molar-refractivity contribution in [1.82, 2.24) is 5.32 Å². The van der Waals surface area contributed by atoms with E-state index in [1.165, 1.54) is 0 Å². The molecule has 2 unspecified atom stereocenters. The molecule has 1 saturated heterocycles. The molecule has 1 spiro atoms. The van der Waals surface area contributed by atoms with Gasteiger partial charge in [0, 0.05) is 17.5 Å². The van der Waals surface area contributed by atoms with Crippen LogP contribution in [0.3, 0.4) is 0 Å². The second kappa shape index (κ2) is 4.41. The van der Waals surface area contributed by atoms with Gasteiger partial charge < -0.3 is 20.3 Å². The lowest BCUT2D eigenvalue weighted by molar-refractivity contribution is -0.176. The molecule has 1 aromatic rings. The maximum atomic E-state index is 13.1. The van der Waals surface area contributed by atoms with E-state index in [1.807, 2.05) is 6.07 Å². The summed E-state index contributed by atoms with van der Waals surface area (Å²) >= 11 is 0. The number of carbonyl (C=O) groups is 1. The quantitative estimate of drug-likeness (QED) is 0.712. The van der Waals surface area contributed by atoms with Crippen molar-refractivity contribution in [2.75, 3.05) is 6.54 Å². The Kier molecular flexibility index (Phi) is 2.66. The minimum absolute atomic E-state index is 0.0312. The predicted octanol–water partition coefficient (Wildman–Crippen LogP) is 1.21. The molecule has 2 heterocycles. The summed E-state index contributed by atoms with van der Waals surface area (Å²) < 4.78 is 6.04. The highest BCUT2D eigenvalue weighted by Gasteiger charge is 2.73. The van der Waals surface area contributed by atoms with Gasteiger partial charge in [-0.15, -0.1) is 6.58 Å². The smallest absolute Gasteiger partial charge is 0.177 e. The number of piperidine rings is 1. The van der Waals surface area contributed by atoms with Gasteiger partial charge in [0.1, 0.15) is 0 Å². The van der Waals surface area contributed by atoms with E-state index < -0.39 is 17.1 Å². The zero-order chi connectivity index (χ0) is 16.7. The van der Waals surface area contributed by atoms with E-state index in [2.05, 4.69) is 11.9 Å². The largest absolute Gasteiger partial charge is 0.504 e. The van der Waals surface area contributed by atoms with Gasteiger partial charge in [0.15, 0.2) is 23.4 Å². The minimum atomic E-state index is -1.04. The topological polar surface area (TPSA) is 78.8 Å². The number of phenolic OH excluding ortho intramolecular Hbond substituents is 1. The number of ether oxygens (including phenoxy) is 1. The summed E-state index contributed by atoms with van der Waals surface area (Å²) in [6.07, 6.45) is 3.31. The Labute approximate surface area is 140 Å². The molecule has 1 aromatic carbocycles. The summed E-state index contributed by atoms with van der Waals surface area (Å²) in [7, 11) is 0. The normalized spacial score (nSPS) is 41.5. The van der Waals surface area contributed by atoms with Crippen LogP contribution in [0.4, 0.5) is 0 Å². The minimum Gasteiger partial charge on any atom is -0.504 e. The van der Waals surface area contributed by atoms with Crippen molar-refractivity contribution in [2.45, 2.75) is 48.8 Å². The molecule has 1 saturated carbocycles. The van der Waals surface area contributed by atoms with Crippen LogP contribution in [0.2, 0.25) is 0 Å². The van der Waals surface area contributed by atoms with Crippen LogP contribution >= 0.6 is 0 Å². The number of aliphatic hydroxyl groups is 1. The number of phenols is 1. The third kappa shape index (κ3) is 1.38. The molecule has 5 heteroatoms. The molecule has 2 aliphatic carbocycles. The fourth-order valence-corrected chi connectivity index (χ4v) is 5.76. The molecule has 0 amide bonds. The van der Waals surface area contributed by atoms with Crippen molar-refractivity contribution in [3.8, 4) is 11.5 Å². The highest BCUT2D eigenvalue weighted by Crippen LogP contribution is 2.64. The number of carbonyl (C=O) groups excluding carboxylic acids is 1. The Balaban J connectivity index is 1.80. The fourth-order valence-electron chi connectivity index (χ4n) is 5.76. The monoisotopic (exact) mass is 327 g/mol. The summed E-state index contributed by atoms with van der Waals surface area (Å²) in [6, 6.07) is 3.44. The lowest BCUT2D eigenvalue weighted by atomic mass is 9.47. The number of rotatable bonds is 2. The Morgan fingerprint density at radius 2 is 2.29 bits per heavy atom. The highest BCUT2D eigenvalue weighted by atomic mass is 16.5. The number of aromatic hydroxyl groups is 1. The molecular formula is C19H21NO4. The first-order valence-electron chi connectivity index (χ1n) is 8.65. The van der Waals surface area contributed by atoms with Crippen LogP contribution in [0, 0.1) is 5.92 Å². The zero-order valence-corrected chi connectivity index (χ0v) is 13.4. The van der Waals surface area contributed by atoms with Gasteiger partial charge in [-0.1, -0.05) is 12.1 Å². The van der Waals surface area contributed by atoms with E-state index in [-0.39, 0.29) is 23.5 Å². The molecule has 0 aromatic heterocycles. The third-order valence-electron chi connectivity index (χ3n) is 6.71. The summed E-state index contributed by atoms with van der Waals surface area (Å²) in [6.45, 7) is 4.49. The Morgan fingerprint density at radius 3 is 3.08 bits per heavy atom. The Bertz CT molecular complexity index is 775. The summed E-state index contributed by atoms with van der Waals surface area (Å²) in [5.74, 6) is 0.212. The van der Waals surface area contributed by atoms with E-state index in [9.17, 15) is 15.0 Å². The molecule has 5 rings (SSSR count). The van der Waals surface area contributed by atoms with Gasteiger partial charge in [0.2, 0.25) is 0 Å². The average Bonchev–Trinajstić information content (AvgIpc) is 2.89. The van der Waals surface area contributed by atoms with Crippen LogP contribution in [0.25, 0.3) is 0 Å². The van der Waals surface area contributed by atoms with Crippen LogP contribution in [0.15, 0.2) is 24.8 Å².